The van der Waals surface area contributed by atoms with Crippen molar-refractivity contribution in [1.29, 1.82) is 5.41 Å². The van der Waals surface area contributed by atoms with E-state index in [0.717, 1.165) is 5.56 Å². The number of amidine groups is 1. The van der Waals surface area contributed by atoms with Crippen LogP contribution in [0.5, 0.6) is 0 Å². The van der Waals surface area contributed by atoms with Crippen LogP contribution < -0.4 is 11.1 Å². The summed E-state index contributed by atoms with van der Waals surface area (Å²) in [5.74, 6) is -0.351. The lowest BCUT2D eigenvalue weighted by atomic mass is 10.1. The van der Waals surface area contributed by atoms with E-state index in [4.69, 9.17) is 11.1 Å². The topological polar surface area (TPSA) is 88.2 Å². The Morgan fingerprint density at radius 3 is 2.37 bits per heavy atom. The number of hydrogen-bond acceptors (Lipinski definition) is 4. The minimum absolute atomic E-state index is 0.328. The lowest BCUT2D eigenvalue weighted by molar-refractivity contribution is -0.160. The van der Waals surface area contributed by atoms with Crippen LogP contribution in [-0.4, -0.2) is 24.7 Å². The number of ether oxygens (including phenoxy) is 1. The molecule has 0 bridgehead atoms. The largest absolute Gasteiger partial charge is 0.440 e. The summed E-state index contributed by atoms with van der Waals surface area (Å²) < 4.78 is 39.3. The van der Waals surface area contributed by atoms with Crippen molar-refractivity contribution in [3.63, 3.8) is 0 Å². The van der Waals surface area contributed by atoms with E-state index in [9.17, 15) is 18.0 Å². The van der Waals surface area contributed by atoms with E-state index in [-0.39, 0.29) is 5.84 Å². The number of alkyl halides is 3. The minimum atomic E-state index is -4.59. The van der Waals surface area contributed by atoms with Gasteiger partial charge in [0.2, 0.25) is 0 Å². The van der Waals surface area contributed by atoms with Gasteiger partial charge in [-0.1, -0.05) is 24.3 Å². The third-order valence-electron chi connectivity index (χ3n) is 2.07. The molecule has 0 saturated heterocycles. The van der Waals surface area contributed by atoms with E-state index in [1.165, 1.54) is 12.1 Å². The maximum absolute atomic E-state index is 11.8. The molecule has 0 radical (unpaired) electrons. The van der Waals surface area contributed by atoms with Gasteiger partial charge in [-0.3, -0.25) is 10.7 Å². The average molecular weight is 275 g/mol. The Hall–Kier alpha value is -2.09. The predicted octanol–water partition coefficient (Wildman–Crippen LogP) is 1.76. The molecule has 0 aliphatic heterocycles. The van der Waals surface area contributed by atoms with Crippen LogP contribution in [0.25, 0.3) is 0 Å². The van der Waals surface area contributed by atoms with Crippen molar-refractivity contribution in [2.24, 2.45) is 5.73 Å². The van der Waals surface area contributed by atoms with E-state index in [0.29, 0.717) is 12.1 Å². The van der Waals surface area contributed by atoms with Gasteiger partial charge >= 0.3 is 12.3 Å². The Morgan fingerprint density at radius 1 is 1.32 bits per heavy atom. The van der Waals surface area contributed by atoms with Crippen LogP contribution in [0.3, 0.4) is 0 Å². The first kappa shape index (κ1) is 15.0. The van der Waals surface area contributed by atoms with Gasteiger partial charge in [0.05, 0.1) is 0 Å². The number of hydrogen-bond donors (Lipinski definition) is 3. The molecule has 0 aliphatic carbocycles. The molecule has 5 nitrogen and oxygen atoms in total. The van der Waals surface area contributed by atoms with Crippen molar-refractivity contribution >= 4 is 11.9 Å². The van der Waals surface area contributed by atoms with E-state index < -0.39 is 18.9 Å². The van der Waals surface area contributed by atoms with E-state index in [2.05, 4.69) is 4.74 Å². The van der Waals surface area contributed by atoms with Crippen LogP contribution >= 0.6 is 0 Å². The second-order valence-electron chi connectivity index (χ2n) is 3.59. The number of amides is 1. The fraction of sp³-hybridized carbons (Fsp3) is 0.273. The van der Waals surface area contributed by atoms with Crippen molar-refractivity contribution in [3.8, 4) is 0 Å². The van der Waals surface area contributed by atoms with Gasteiger partial charge in [-0.05, 0) is 5.56 Å². The number of nitrogens with two attached hydrogens (primary N) is 1. The fourth-order valence-corrected chi connectivity index (χ4v) is 1.17. The summed E-state index contributed by atoms with van der Waals surface area (Å²) in [6, 6.07) is 6.34. The number of carbonyl (C=O) groups is 1. The number of benzene rings is 1. The highest BCUT2D eigenvalue weighted by molar-refractivity contribution is 6.04. The third-order valence-corrected chi connectivity index (χ3v) is 2.07. The van der Waals surface area contributed by atoms with Gasteiger partial charge in [0.1, 0.15) is 5.84 Å². The molecule has 1 aromatic rings. The zero-order valence-corrected chi connectivity index (χ0v) is 9.75. The maximum Gasteiger partial charge on any atom is 0.422 e. The van der Waals surface area contributed by atoms with Crippen molar-refractivity contribution in [3.05, 3.63) is 35.4 Å². The van der Waals surface area contributed by atoms with Gasteiger partial charge in [0.25, 0.3) is 0 Å². The first-order valence-corrected chi connectivity index (χ1v) is 5.20. The molecule has 1 rings (SSSR count). The normalized spacial score (nSPS) is 10.9. The molecule has 0 saturated carbocycles. The van der Waals surface area contributed by atoms with Gasteiger partial charge in [0.15, 0.2) is 6.61 Å². The summed E-state index contributed by atoms with van der Waals surface area (Å²) >= 11 is 0. The van der Waals surface area contributed by atoms with Gasteiger partial charge in [-0.15, -0.1) is 0 Å². The Bertz CT molecular complexity index is 457. The summed E-state index contributed by atoms with van der Waals surface area (Å²) in [5, 5.41) is 9.39. The highest BCUT2D eigenvalue weighted by Gasteiger charge is 2.29. The molecule has 8 heteroatoms. The van der Waals surface area contributed by atoms with Gasteiger partial charge in [-0.2, -0.15) is 13.2 Å². The molecule has 0 fully saturated rings. The van der Waals surface area contributed by atoms with Gasteiger partial charge < -0.3 is 10.5 Å². The summed E-state index contributed by atoms with van der Waals surface area (Å²) in [7, 11) is 0. The molecule has 0 unspecified atom stereocenters. The predicted molar refractivity (Wildman–Crippen MR) is 61.7 cm³/mol. The monoisotopic (exact) mass is 275 g/mol. The molecule has 1 aromatic carbocycles. The van der Waals surface area contributed by atoms with Crippen LogP contribution in [0.15, 0.2) is 24.3 Å². The standard InChI is InChI=1S/C11H12F3N3O2/c12-11(13,14)6-19-10(18)17-9(16)8-3-1-7(5-15)2-4-8/h1-4H,5-6,15H2,(H2,16,17,18). The quantitative estimate of drug-likeness (QED) is 0.580. The summed E-state index contributed by atoms with van der Waals surface area (Å²) in [6.45, 7) is -1.37. The van der Waals surface area contributed by atoms with Crippen molar-refractivity contribution < 1.29 is 22.7 Å². The smallest absolute Gasteiger partial charge is 0.422 e. The Balaban J connectivity index is 2.52. The SMILES string of the molecule is N=C(NC(=O)OCC(F)(F)F)c1ccc(CN)cc1. The maximum atomic E-state index is 11.8. The molecule has 4 N–H and O–H groups in total. The number of halogens is 3. The van der Waals surface area contributed by atoms with Gasteiger partial charge in [0, 0.05) is 12.1 Å². The molecule has 0 aliphatic rings. The molecular weight excluding hydrogens is 263 g/mol. The van der Waals surface area contributed by atoms with Crippen molar-refractivity contribution in [2.45, 2.75) is 12.7 Å². The Labute approximate surface area is 107 Å². The highest BCUT2D eigenvalue weighted by atomic mass is 19.4. The molecule has 0 atom stereocenters. The lowest BCUT2D eigenvalue weighted by Crippen LogP contribution is -2.33. The molecular formula is C11H12F3N3O2. The summed E-state index contributed by atoms with van der Waals surface area (Å²) in [4.78, 5) is 11.0. The second kappa shape index (κ2) is 6.19. The van der Waals surface area contributed by atoms with Crippen LogP contribution in [0.1, 0.15) is 11.1 Å². The zero-order valence-electron chi connectivity index (χ0n) is 9.75. The number of carbonyl (C=O) groups excluding carboxylic acids is 1. The first-order chi connectivity index (χ1) is 8.81. The van der Waals surface area contributed by atoms with Crippen molar-refractivity contribution in [2.75, 3.05) is 6.61 Å². The van der Waals surface area contributed by atoms with Gasteiger partial charge in [-0.25, -0.2) is 4.79 Å². The first-order valence-electron chi connectivity index (χ1n) is 5.20. The highest BCUT2D eigenvalue weighted by Crippen LogP contribution is 2.14. The summed E-state index contributed by atoms with van der Waals surface area (Å²) in [5.41, 5.74) is 6.55. The van der Waals surface area contributed by atoms with Crippen LogP contribution in [0, 0.1) is 5.41 Å². The molecule has 0 aromatic heterocycles. The lowest BCUT2D eigenvalue weighted by Gasteiger charge is -2.10. The third kappa shape index (κ3) is 5.38. The Kier molecular flexibility index (Phi) is 4.87. The molecule has 19 heavy (non-hydrogen) atoms. The summed E-state index contributed by atoms with van der Waals surface area (Å²) in [6.07, 6.45) is -5.92. The van der Waals surface area contributed by atoms with E-state index >= 15 is 0 Å². The fourth-order valence-electron chi connectivity index (χ4n) is 1.17. The zero-order chi connectivity index (χ0) is 14.5. The van der Waals surface area contributed by atoms with Crippen LogP contribution in [0.4, 0.5) is 18.0 Å². The Morgan fingerprint density at radius 2 is 1.89 bits per heavy atom. The number of alkyl carbamates (subject to hydrolysis) is 1. The second-order valence-corrected chi connectivity index (χ2v) is 3.59. The average Bonchev–Trinajstić information content (AvgIpc) is 2.35. The van der Waals surface area contributed by atoms with Crippen molar-refractivity contribution in [1.82, 2.24) is 5.32 Å². The molecule has 104 valence electrons. The van der Waals surface area contributed by atoms with Crippen LogP contribution in [0.2, 0.25) is 0 Å². The number of nitrogens with one attached hydrogen (secondary N) is 2. The van der Waals surface area contributed by atoms with E-state index in [1.807, 2.05) is 5.32 Å². The molecule has 1 amide bonds. The molecule has 0 spiro atoms. The minimum Gasteiger partial charge on any atom is -0.440 e. The van der Waals surface area contributed by atoms with Crippen LogP contribution in [-0.2, 0) is 11.3 Å². The molecule has 0 heterocycles. The number of rotatable bonds is 3. The van der Waals surface area contributed by atoms with E-state index in [1.54, 1.807) is 12.1 Å².